The number of Topliss-reactive ketones (excluding diaryl/α,β-unsaturated/α-hetero) is 1. The van der Waals surface area contributed by atoms with Crippen molar-refractivity contribution in [2.45, 2.75) is 45.6 Å². The molecule has 98 valence electrons. The van der Waals surface area contributed by atoms with Crippen LogP contribution in [0.3, 0.4) is 0 Å². The van der Waals surface area contributed by atoms with Crippen molar-refractivity contribution in [2.24, 2.45) is 11.8 Å². The van der Waals surface area contributed by atoms with Crippen molar-refractivity contribution in [2.75, 3.05) is 13.7 Å². The molecular weight excluding hydrogens is 220 g/mol. The van der Waals surface area contributed by atoms with E-state index in [9.17, 15) is 9.59 Å². The maximum atomic E-state index is 11.8. The smallest absolute Gasteiger partial charge is 0.316 e. The Bertz CT molecular complexity index is 267. The minimum Gasteiger partial charge on any atom is -0.468 e. The number of carbonyl (C=O) groups is 2. The number of ether oxygens (including phenoxy) is 2. The van der Waals surface area contributed by atoms with E-state index in [0.717, 1.165) is 19.3 Å². The van der Waals surface area contributed by atoms with Crippen LogP contribution in [0.15, 0.2) is 0 Å². The van der Waals surface area contributed by atoms with Gasteiger partial charge in [-0.3, -0.25) is 9.59 Å². The maximum absolute atomic E-state index is 11.8. The lowest BCUT2D eigenvalue weighted by Gasteiger charge is -2.35. The molecular formula is C13H22O4. The summed E-state index contributed by atoms with van der Waals surface area (Å²) in [7, 11) is 1.33. The van der Waals surface area contributed by atoms with Crippen molar-refractivity contribution >= 4 is 11.8 Å². The summed E-state index contributed by atoms with van der Waals surface area (Å²) in [5.41, 5.74) is 0. The molecule has 0 spiro atoms. The number of carbonyl (C=O) groups excluding carboxylic acids is 2. The molecule has 4 heteroatoms. The Morgan fingerprint density at radius 1 is 1.41 bits per heavy atom. The van der Waals surface area contributed by atoms with Crippen molar-refractivity contribution in [3.63, 3.8) is 0 Å². The van der Waals surface area contributed by atoms with Gasteiger partial charge in [-0.05, 0) is 19.3 Å². The summed E-state index contributed by atoms with van der Waals surface area (Å²) in [6.45, 7) is 4.72. The van der Waals surface area contributed by atoms with Crippen LogP contribution in [0.4, 0.5) is 0 Å². The lowest BCUT2D eigenvalue weighted by molar-refractivity contribution is -0.158. The Balaban J connectivity index is 2.77. The molecule has 3 atom stereocenters. The first-order chi connectivity index (χ1) is 8.15. The van der Waals surface area contributed by atoms with E-state index in [-0.39, 0.29) is 17.8 Å². The van der Waals surface area contributed by atoms with Crippen LogP contribution in [0.5, 0.6) is 0 Å². The van der Waals surface area contributed by atoms with E-state index in [2.05, 4.69) is 0 Å². The van der Waals surface area contributed by atoms with E-state index in [0.29, 0.717) is 13.0 Å². The van der Waals surface area contributed by atoms with Gasteiger partial charge in [0.25, 0.3) is 0 Å². The average Bonchev–Trinajstić information content (AvgIpc) is 2.35. The van der Waals surface area contributed by atoms with Crippen LogP contribution in [0, 0.1) is 11.8 Å². The third-order valence-electron chi connectivity index (χ3n) is 3.39. The Hall–Kier alpha value is -0.900. The van der Waals surface area contributed by atoms with Gasteiger partial charge in [-0.2, -0.15) is 0 Å². The molecule has 0 aromatic rings. The molecule has 0 bridgehead atoms. The average molecular weight is 242 g/mol. The molecule has 0 aliphatic heterocycles. The number of hydrogen-bond acceptors (Lipinski definition) is 4. The highest BCUT2D eigenvalue weighted by Crippen LogP contribution is 2.33. The summed E-state index contributed by atoms with van der Waals surface area (Å²) in [6, 6.07) is 0. The lowest BCUT2D eigenvalue weighted by atomic mass is 9.75. The van der Waals surface area contributed by atoms with Gasteiger partial charge in [0.05, 0.1) is 13.2 Å². The monoisotopic (exact) mass is 242 g/mol. The normalized spacial score (nSPS) is 29.1. The SMILES string of the molecule is CCCOC1CCC(=O)C(C(=O)OC)C1CC. The standard InChI is InChI=1S/C13H22O4/c1-4-8-17-11-7-6-10(14)12(9(11)5-2)13(15)16-3/h9,11-12H,4-8H2,1-3H3. The van der Waals surface area contributed by atoms with Gasteiger partial charge in [-0.1, -0.05) is 13.8 Å². The predicted octanol–water partition coefficient (Wildman–Crippen LogP) is 1.96. The Morgan fingerprint density at radius 2 is 2.12 bits per heavy atom. The predicted molar refractivity (Wildman–Crippen MR) is 63.6 cm³/mol. The van der Waals surface area contributed by atoms with Crippen molar-refractivity contribution in [3.8, 4) is 0 Å². The molecule has 4 nitrogen and oxygen atoms in total. The molecule has 1 fully saturated rings. The molecule has 0 amide bonds. The minimum atomic E-state index is -0.624. The molecule has 1 saturated carbocycles. The largest absolute Gasteiger partial charge is 0.468 e. The van der Waals surface area contributed by atoms with Gasteiger partial charge in [0.15, 0.2) is 0 Å². The van der Waals surface area contributed by atoms with E-state index in [1.54, 1.807) is 0 Å². The number of rotatable bonds is 5. The van der Waals surface area contributed by atoms with Gasteiger partial charge < -0.3 is 9.47 Å². The summed E-state index contributed by atoms with van der Waals surface area (Å²) < 4.78 is 10.5. The van der Waals surface area contributed by atoms with Gasteiger partial charge in [-0.15, -0.1) is 0 Å². The molecule has 17 heavy (non-hydrogen) atoms. The summed E-state index contributed by atoms with van der Waals surface area (Å²) >= 11 is 0. The first-order valence-electron chi connectivity index (χ1n) is 6.37. The highest BCUT2D eigenvalue weighted by molar-refractivity contribution is 5.99. The lowest BCUT2D eigenvalue weighted by Crippen LogP contribution is -2.44. The number of methoxy groups -OCH3 is 1. The van der Waals surface area contributed by atoms with Crippen LogP contribution in [0.2, 0.25) is 0 Å². The van der Waals surface area contributed by atoms with Crippen molar-refractivity contribution in [3.05, 3.63) is 0 Å². The molecule has 0 aromatic carbocycles. The second kappa shape index (κ2) is 6.74. The van der Waals surface area contributed by atoms with Crippen LogP contribution in [-0.2, 0) is 19.1 Å². The maximum Gasteiger partial charge on any atom is 0.316 e. The Morgan fingerprint density at radius 3 is 2.65 bits per heavy atom. The minimum absolute atomic E-state index is 0.0000449. The van der Waals surface area contributed by atoms with E-state index in [1.807, 2.05) is 13.8 Å². The van der Waals surface area contributed by atoms with Crippen LogP contribution < -0.4 is 0 Å². The fourth-order valence-corrected chi connectivity index (χ4v) is 2.52. The van der Waals surface area contributed by atoms with Gasteiger partial charge in [-0.25, -0.2) is 0 Å². The van der Waals surface area contributed by atoms with Gasteiger partial charge in [0, 0.05) is 18.9 Å². The van der Waals surface area contributed by atoms with Crippen molar-refractivity contribution in [1.29, 1.82) is 0 Å². The van der Waals surface area contributed by atoms with Crippen LogP contribution in [0.25, 0.3) is 0 Å². The summed E-state index contributed by atoms with van der Waals surface area (Å²) in [5.74, 6) is -1.07. The number of esters is 1. The van der Waals surface area contributed by atoms with Crippen LogP contribution in [-0.4, -0.2) is 31.6 Å². The molecule has 0 N–H and O–H groups in total. The molecule has 0 aromatic heterocycles. The highest BCUT2D eigenvalue weighted by atomic mass is 16.5. The van der Waals surface area contributed by atoms with Gasteiger partial charge >= 0.3 is 5.97 Å². The fraction of sp³-hybridized carbons (Fsp3) is 0.846. The summed E-state index contributed by atoms with van der Waals surface area (Å²) in [5, 5.41) is 0. The van der Waals surface area contributed by atoms with Gasteiger partial charge in [0.1, 0.15) is 11.7 Å². The highest BCUT2D eigenvalue weighted by Gasteiger charge is 2.42. The fourth-order valence-electron chi connectivity index (χ4n) is 2.52. The molecule has 0 radical (unpaired) electrons. The molecule has 1 aliphatic carbocycles. The second-order valence-electron chi connectivity index (χ2n) is 4.49. The van der Waals surface area contributed by atoms with E-state index in [1.165, 1.54) is 7.11 Å². The third kappa shape index (κ3) is 3.28. The van der Waals surface area contributed by atoms with E-state index < -0.39 is 11.9 Å². The summed E-state index contributed by atoms with van der Waals surface area (Å²) in [6.07, 6.45) is 2.88. The van der Waals surface area contributed by atoms with Crippen molar-refractivity contribution < 1.29 is 19.1 Å². The number of hydrogen-bond donors (Lipinski definition) is 0. The van der Waals surface area contributed by atoms with Crippen LogP contribution >= 0.6 is 0 Å². The molecule has 1 aliphatic rings. The Kier molecular flexibility index (Phi) is 5.62. The van der Waals surface area contributed by atoms with Gasteiger partial charge in [0.2, 0.25) is 0 Å². The van der Waals surface area contributed by atoms with Crippen molar-refractivity contribution in [1.82, 2.24) is 0 Å². The third-order valence-corrected chi connectivity index (χ3v) is 3.39. The summed E-state index contributed by atoms with van der Waals surface area (Å²) in [4.78, 5) is 23.5. The topological polar surface area (TPSA) is 52.6 Å². The van der Waals surface area contributed by atoms with Crippen LogP contribution in [0.1, 0.15) is 39.5 Å². The zero-order valence-electron chi connectivity index (χ0n) is 10.9. The molecule has 0 saturated heterocycles. The van der Waals surface area contributed by atoms with E-state index >= 15 is 0 Å². The molecule has 3 unspecified atom stereocenters. The zero-order valence-corrected chi connectivity index (χ0v) is 10.9. The second-order valence-corrected chi connectivity index (χ2v) is 4.49. The van der Waals surface area contributed by atoms with E-state index in [4.69, 9.17) is 9.47 Å². The number of ketones is 1. The first-order valence-corrected chi connectivity index (χ1v) is 6.37. The first kappa shape index (κ1) is 14.2. The quantitative estimate of drug-likeness (QED) is 0.546. The molecule has 0 heterocycles. The Labute approximate surface area is 103 Å². The zero-order chi connectivity index (χ0) is 12.8. The molecule has 1 rings (SSSR count).